The Kier molecular flexibility index (Phi) is 4.62. The molecule has 1 spiro atoms. The summed E-state index contributed by atoms with van der Waals surface area (Å²) < 4.78 is 0. The van der Waals surface area contributed by atoms with Gasteiger partial charge in [-0.3, -0.25) is 14.5 Å². The third-order valence-corrected chi connectivity index (χ3v) is 6.43. The number of aryl methyl sites for hydroxylation is 1. The summed E-state index contributed by atoms with van der Waals surface area (Å²) in [7, 11) is 0. The lowest BCUT2D eigenvalue weighted by molar-refractivity contribution is -0.136. The van der Waals surface area contributed by atoms with Crippen LogP contribution in [0, 0.1) is 5.92 Å². The third-order valence-electron chi connectivity index (χ3n) is 6.19. The van der Waals surface area contributed by atoms with Crippen molar-refractivity contribution < 1.29 is 14.4 Å². The van der Waals surface area contributed by atoms with Crippen molar-refractivity contribution in [2.24, 2.45) is 5.92 Å². The highest BCUT2D eigenvalue weighted by Gasteiger charge is 2.52. The zero-order chi connectivity index (χ0) is 19.2. The zero-order valence-electron chi connectivity index (χ0n) is 15.4. The number of rotatable bonds is 3. The summed E-state index contributed by atoms with van der Waals surface area (Å²) in [6, 6.07) is 5.12. The van der Waals surface area contributed by atoms with E-state index in [9.17, 15) is 14.4 Å². The average molecular weight is 390 g/mol. The Labute approximate surface area is 163 Å². The Bertz CT molecular complexity index is 802. The van der Waals surface area contributed by atoms with E-state index < -0.39 is 11.6 Å². The summed E-state index contributed by atoms with van der Waals surface area (Å²) in [6.07, 6.45) is 4.76. The molecule has 2 fully saturated rings. The molecule has 0 bridgehead atoms. The van der Waals surface area contributed by atoms with Gasteiger partial charge in [-0.05, 0) is 67.7 Å². The Balaban J connectivity index is 1.40. The minimum atomic E-state index is -0.805. The van der Waals surface area contributed by atoms with Gasteiger partial charge in [-0.15, -0.1) is 0 Å². The van der Waals surface area contributed by atoms with Gasteiger partial charge >= 0.3 is 6.03 Å². The molecule has 2 N–H and O–H groups in total. The van der Waals surface area contributed by atoms with Crippen LogP contribution in [0.15, 0.2) is 18.2 Å². The van der Waals surface area contributed by atoms with E-state index in [0.717, 1.165) is 41.7 Å². The van der Waals surface area contributed by atoms with Gasteiger partial charge in [-0.1, -0.05) is 24.6 Å². The van der Waals surface area contributed by atoms with Crippen LogP contribution < -0.4 is 10.6 Å². The van der Waals surface area contributed by atoms with Crippen LogP contribution in [0.1, 0.15) is 56.2 Å². The number of fused-ring (bicyclic) bond motifs is 1. The summed E-state index contributed by atoms with van der Waals surface area (Å²) in [4.78, 5) is 38.8. The van der Waals surface area contributed by atoms with Gasteiger partial charge in [0.1, 0.15) is 12.1 Å². The molecule has 1 aromatic carbocycles. The SMILES string of the molecule is CC1CCC2(CC1)NC(=O)N(CC(=O)NC1CCc3cc(Cl)ccc31)C2=O. The smallest absolute Gasteiger partial charge is 0.325 e. The number of carbonyl (C=O) groups excluding carboxylic acids is 3. The molecule has 0 aromatic heterocycles. The van der Waals surface area contributed by atoms with Crippen LogP contribution >= 0.6 is 11.6 Å². The van der Waals surface area contributed by atoms with E-state index in [1.54, 1.807) is 0 Å². The minimum absolute atomic E-state index is 0.102. The zero-order valence-corrected chi connectivity index (χ0v) is 16.1. The van der Waals surface area contributed by atoms with Gasteiger partial charge in [0.05, 0.1) is 6.04 Å². The van der Waals surface area contributed by atoms with Gasteiger partial charge in [0.15, 0.2) is 0 Å². The Morgan fingerprint density at radius 2 is 2.04 bits per heavy atom. The first kappa shape index (κ1) is 18.3. The Morgan fingerprint density at radius 1 is 1.30 bits per heavy atom. The van der Waals surface area contributed by atoms with Crippen molar-refractivity contribution in [3.05, 3.63) is 34.3 Å². The predicted molar refractivity (Wildman–Crippen MR) is 101 cm³/mol. The minimum Gasteiger partial charge on any atom is -0.348 e. The molecule has 1 atom stereocenters. The second kappa shape index (κ2) is 6.82. The van der Waals surface area contributed by atoms with E-state index in [2.05, 4.69) is 17.6 Å². The fourth-order valence-corrected chi connectivity index (χ4v) is 4.73. The standard InChI is InChI=1S/C20H24ClN3O3/c1-12-6-8-20(9-7-12)18(26)24(19(27)23-20)11-17(25)22-16-5-2-13-10-14(21)3-4-15(13)16/h3-4,10,12,16H,2,5-9,11H2,1H3,(H,22,25)(H,23,27). The fourth-order valence-electron chi connectivity index (χ4n) is 4.53. The summed E-state index contributed by atoms with van der Waals surface area (Å²) >= 11 is 6.03. The molecule has 1 saturated carbocycles. The molecule has 1 aliphatic heterocycles. The molecular formula is C20H24ClN3O3. The molecule has 144 valence electrons. The van der Waals surface area contributed by atoms with Crippen LogP contribution in [-0.4, -0.2) is 34.8 Å². The second-order valence-electron chi connectivity index (χ2n) is 8.09. The lowest BCUT2D eigenvalue weighted by Crippen LogP contribution is -2.50. The molecule has 27 heavy (non-hydrogen) atoms. The molecular weight excluding hydrogens is 366 g/mol. The first-order valence-electron chi connectivity index (χ1n) is 9.60. The van der Waals surface area contributed by atoms with Crippen molar-refractivity contribution in [2.75, 3.05) is 6.54 Å². The Morgan fingerprint density at radius 3 is 2.78 bits per heavy atom. The number of hydrogen-bond acceptors (Lipinski definition) is 3. The molecule has 3 aliphatic rings. The van der Waals surface area contributed by atoms with Crippen LogP contribution in [-0.2, 0) is 16.0 Å². The van der Waals surface area contributed by atoms with Crippen molar-refractivity contribution in [1.29, 1.82) is 0 Å². The van der Waals surface area contributed by atoms with E-state index >= 15 is 0 Å². The van der Waals surface area contributed by atoms with Gasteiger partial charge < -0.3 is 10.6 Å². The van der Waals surface area contributed by atoms with Crippen LogP contribution in [0.4, 0.5) is 4.79 Å². The number of hydrogen-bond donors (Lipinski definition) is 2. The molecule has 4 amide bonds. The normalized spacial score (nSPS) is 29.8. The number of carbonyl (C=O) groups is 3. The van der Waals surface area contributed by atoms with Crippen molar-refractivity contribution in [2.45, 2.75) is 57.0 Å². The molecule has 0 radical (unpaired) electrons. The molecule has 1 aromatic rings. The van der Waals surface area contributed by atoms with E-state index in [4.69, 9.17) is 11.6 Å². The molecule has 4 rings (SSSR count). The number of urea groups is 1. The Hall–Kier alpha value is -2.08. The van der Waals surface area contributed by atoms with E-state index in [0.29, 0.717) is 23.8 Å². The van der Waals surface area contributed by atoms with Crippen LogP contribution in [0.25, 0.3) is 0 Å². The summed E-state index contributed by atoms with van der Waals surface area (Å²) in [6.45, 7) is 1.92. The number of halogens is 1. The summed E-state index contributed by atoms with van der Waals surface area (Å²) in [5.41, 5.74) is 1.39. The lowest BCUT2D eigenvalue weighted by Gasteiger charge is -2.33. The molecule has 1 unspecified atom stereocenters. The van der Waals surface area contributed by atoms with Crippen LogP contribution in [0.3, 0.4) is 0 Å². The van der Waals surface area contributed by atoms with Crippen molar-refractivity contribution >= 4 is 29.4 Å². The maximum atomic E-state index is 12.9. The average Bonchev–Trinajstić information content (AvgIpc) is 3.12. The van der Waals surface area contributed by atoms with Crippen molar-refractivity contribution in [3.63, 3.8) is 0 Å². The molecule has 6 nitrogen and oxygen atoms in total. The maximum Gasteiger partial charge on any atom is 0.325 e. The molecule has 1 heterocycles. The predicted octanol–water partition coefficient (Wildman–Crippen LogP) is 2.94. The molecule has 7 heteroatoms. The molecule has 1 saturated heterocycles. The number of imide groups is 1. The highest BCUT2D eigenvalue weighted by Crippen LogP contribution is 2.36. The van der Waals surface area contributed by atoms with Crippen LogP contribution in [0.5, 0.6) is 0 Å². The van der Waals surface area contributed by atoms with Gasteiger partial charge in [-0.25, -0.2) is 4.79 Å². The topological polar surface area (TPSA) is 78.5 Å². The maximum absolute atomic E-state index is 12.9. The number of nitrogens with one attached hydrogen (secondary N) is 2. The van der Waals surface area contributed by atoms with Crippen molar-refractivity contribution in [3.8, 4) is 0 Å². The second-order valence-corrected chi connectivity index (χ2v) is 8.52. The summed E-state index contributed by atoms with van der Waals surface area (Å²) in [5, 5.41) is 6.51. The number of benzene rings is 1. The van der Waals surface area contributed by atoms with Gasteiger partial charge in [0.2, 0.25) is 5.91 Å². The largest absolute Gasteiger partial charge is 0.348 e. The van der Waals surface area contributed by atoms with Gasteiger partial charge in [0.25, 0.3) is 5.91 Å². The quantitative estimate of drug-likeness (QED) is 0.780. The van der Waals surface area contributed by atoms with E-state index in [1.165, 1.54) is 0 Å². The number of amides is 4. The fraction of sp³-hybridized carbons (Fsp3) is 0.550. The molecule has 2 aliphatic carbocycles. The van der Waals surface area contributed by atoms with Gasteiger partial charge in [-0.2, -0.15) is 0 Å². The lowest BCUT2D eigenvalue weighted by atomic mass is 9.77. The van der Waals surface area contributed by atoms with E-state index in [-0.39, 0.29) is 24.4 Å². The highest BCUT2D eigenvalue weighted by atomic mass is 35.5. The highest BCUT2D eigenvalue weighted by molar-refractivity contribution is 6.30. The monoisotopic (exact) mass is 389 g/mol. The van der Waals surface area contributed by atoms with Crippen LogP contribution in [0.2, 0.25) is 5.02 Å². The summed E-state index contributed by atoms with van der Waals surface area (Å²) in [5.74, 6) is -0.00528. The van der Waals surface area contributed by atoms with Gasteiger partial charge in [0, 0.05) is 5.02 Å². The third kappa shape index (κ3) is 3.31. The first-order chi connectivity index (χ1) is 12.9. The van der Waals surface area contributed by atoms with Crippen molar-refractivity contribution in [1.82, 2.24) is 15.5 Å². The number of nitrogens with zero attached hydrogens (tertiary/aromatic N) is 1. The first-order valence-corrected chi connectivity index (χ1v) is 9.97. The van der Waals surface area contributed by atoms with E-state index in [1.807, 2.05) is 18.2 Å².